The zero-order valence-corrected chi connectivity index (χ0v) is 11.3. The number of carboxylic acids is 1. The topological polar surface area (TPSA) is 75.6 Å². The van der Waals surface area contributed by atoms with E-state index < -0.39 is 11.9 Å². The van der Waals surface area contributed by atoms with E-state index in [0.29, 0.717) is 19.4 Å². The lowest BCUT2D eigenvalue weighted by Gasteiger charge is -2.29. The van der Waals surface area contributed by atoms with Crippen LogP contribution in [-0.2, 0) is 14.3 Å². The summed E-state index contributed by atoms with van der Waals surface area (Å²) in [6.07, 6.45) is 6.48. The smallest absolute Gasteiger partial charge is 0.307 e. The number of amides is 1. The highest BCUT2D eigenvalue weighted by atomic mass is 16.5. The maximum Gasteiger partial charge on any atom is 0.307 e. The molecule has 3 atom stereocenters. The van der Waals surface area contributed by atoms with Gasteiger partial charge in [-0.3, -0.25) is 9.59 Å². The summed E-state index contributed by atoms with van der Waals surface area (Å²) in [5.41, 5.74) is 0. The SMILES string of the molecule is O=C(O)[C@H]1CCCC[C@H]1C(=O)NCC1CCCCO1. The molecule has 1 amide bonds. The lowest BCUT2D eigenvalue weighted by atomic mass is 9.78. The Morgan fingerprint density at radius 1 is 1.05 bits per heavy atom. The summed E-state index contributed by atoms with van der Waals surface area (Å²) in [5, 5.41) is 12.0. The quantitative estimate of drug-likeness (QED) is 0.812. The summed E-state index contributed by atoms with van der Waals surface area (Å²) in [4.78, 5) is 23.3. The number of rotatable bonds is 4. The molecule has 0 aromatic carbocycles. The van der Waals surface area contributed by atoms with Crippen molar-refractivity contribution in [3.8, 4) is 0 Å². The number of nitrogens with one attached hydrogen (secondary N) is 1. The second-order valence-corrected chi connectivity index (χ2v) is 5.57. The summed E-state index contributed by atoms with van der Waals surface area (Å²) in [7, 11) is 0. The molecule has 2 fully saturated rings. The van der Waals surface area contributed by atoms with Gasteiger partial charge in [-0.05, 0) is 32.1 Å². The monoisotopic (exact) mass is 269 g/mol. The Morgan fingerprint density at radius 2 is 1.74 bits per heavy atom. The van der Waals surface area contributed by atoms with Gasteiger partial charge in [0.25, 0.3) is 0 Å². The first-order valence-corrected chi connectivity index (χ1v) is 7.30. The zero-order valence-electron chi connectivity index (χ0n) is 11.3. The standard InChI is InChI=1S/C14H23NO4/c16-13(15-9-10-5-3-4-8-19-10)11-6-1-2-7-12(11)14(17)18/h10-12H,1-9H2,(H,15,16)(H,17,18)/t10?,11-,12+/m1/s1. The van der Waals surface area contributed by atoms with Gasteiger partial charge >= 0.3 is 5.97 Å². The first-order chi connectivity index (χ1) is 9.18. The van der Waals surface area contributed by atoms with Crippen LogP contribution >= 0.6 is 0 Å². The van der Waals surface area contributed by atoms with E-state index in [-0.39, 0.29) is 17.9 Å². The van der Waals surface area contributed by atoms with Crippen LogP contribution < -0.4 is 5.32 Å². The molecule has 5 heteroatoms. The highest BCUT2D eigenvalue weighted by Gasteiger charge is 2.35. The fourth-order valence-electron chi connectivity index (χ4n) is 3.05. The molecule has 1 heterocycles. The van der Waals surface area contributed by atoms with Crippen LogP contribution in [-0.4, -0.2) is 36.2 Å². The van der Waals surface area contributed by atoms with Gasteiger partial charge in [-0.25, -0.2) is 0 Å². The predicted octanol–water partition coefficient (Wildman–Crippen LogP) is 1.56. The summed E-state index contributed by atoms with van der Waals surface area (Å²) >= 11 is 0. The average Bonchev–Trinajstić information content (AvgIpc) is 2.46. The number of hydrogen-bond donors (Lipinski definition) is 2. The van der Waals surface area contributed by atoms with E-state index in [1.54, 1.807) is 0 Å². The number of carbonyl (C=O) groups excluding carboxylic acids is 1. The Labute approximate surface area is 113 Å². The Morgan fingerprint density at radius 3 is 2.37 bits per heavy atom. The molecule has 0 aromatic heterocycles. The summed E-state index contributed by atoms with van der Waals surface area (Å²) in [6.45, 7) is 1.28. The molecule has 1 unspecified atom stereocenters. The third-order valence-electron chi connectivity index (χ3n) is 4.20. The van der Waals surface area contributed by atoms with Crippen LogP contribution in [0.5, 0.6) is 0 Å². The molecule has 1 saturated carbocycles. The van der Waals surface area contributed by atoms with E-state index in [2.05, 4.69) is 5.32 Å². The van der Waals surface area contributed by atoms with Crippen LogP contribution in [0.15, 0.2) is 0 Å². The van der Waals surface area contributed by atoms with Crippen LogP contribution in [0.25, 0.3) is 0 Å². The minimum Gasteiger partial charge on any atom is -0.481 e. The van der Waals surface area contributed by atoms with Crippen LogP contribution in [0.4, 0.5) is 0 Å². The molecule has 2 N–H and O–H groups in total. The van der Waals surface area contributed by atoms with Gasteiger partial charge < -0.3 is 15.2 Å². The lowest BCUT2D eigenvalue weighted by Crippen LogP contribution is -2.43. The molecule has 1 aliphatic heterocycles. The van der Waals surface area contributed by atoms with Crippen molar-refractivity contribution >= 4 is 11.9 Å². The van der Waals surface area contributed by atoms with Gasteiger partial charge in [0.2, 0.25) is 5.91 Å². The Kier molecular flexibility index (Phi) is 5.19. The minimum absolute atomic E-state index is 0.101. The Bertz CT molecular complexity index is 325. The number of carboxylic acid groups (broad SMARTS) is 1. The third kappa shape index (κ3) is 3.93. The Hall–Kier alpha value is -1.10. The number of ether oxygens (including phenoxy) is 1. The summed E-state index contributed by atoms with van der Waals surface area (Å²) < 4.78 is 5.56. The van der Waals surface area contributed by atoms with Crippen LogP contribution in [0, 0.1) is 11.8 Å². The van der Waals surface area contributed by atoms with Crippen LogP contribution in [0.2, 0.25) is 0 Å². The first-order valence-electron chi connectivity index (χ1n) is 7.30. The fraction of sp³-hybridized carbons (Fsp3) is 0.857. The number of carbonyl (C=O) groups is 2. The molecule has 0 radical (unpaired) electrons. The van der Waals surface area contributed by atoms with Gasteiger partial charge in [0.15, 0.2) is 0 Å². The van der Waals surface area contributed by atoms with Crippen molar-refractivity contribution in [2.24, 2.45) is 11.8 Å². The van der Waals surface area contributed by atoms with Crippen molar-refractivity contribution in [3.63, 3.8) is 0 Å². The molecule has 1 saturated heterocycles. The molecule has 0 bridgehead atoms. The molecule has 19 heavy (non-hydrogen) atoms. The van der Waals surface area contributed by atoms with Gasteiger partial charge in [0.1, 0.15) is 0 Å². The van der Waals surface area contributed by atoms with Crippen LogP contribution in [0.3, 0.4) is 0 Å². The normalized spacial score (nSPS) is 31.7. The number of hydrogen-bond acceptors (Lipinski definition) is 3. The van der Waals surface area contributed by atoms with Crippen molar-refractivity contribution < 1.29 is 19.4 Å². The van der Waals surface area contributed by atoms with Gasteiger partial charge in [0.05, 0.1) is 17.9 Å². The van der Waals surface area contributed by atoms with E-state index in [4.69, 9.17) is 9.84 Å². The first kappa shape index (κ1) is 14.3. The maximum atomic E-state index is 12.1. The van der Waals surface area contributed by atoms with Crippen molar-refractivity contribution in [2.75, 3.05) is 13.2 Å². The fourth-order valence-corrected chi connectivity index (χ4v) is 3.05. The maximum absolute atomic E-state index is 12.1. The van der Waals surface area contributed by atoms with Gasteiger partial charge in [-0.15, -0.1) is 0 Å². The predicted molar refractivity (Wildman–Crippen MR) is 69.7 cm³/mol. The third-order valence-corrected chi connectivity index (χ3v) is 4.20. The molecule has 2 aliphatic rings. The molecule has 0 aromatic rings. The van der Waals surface area contributed by atoms with Crippen molar-refractivity contribution in [1.82, 2.24) is 5.32 Å². The van der Waals surface area contributed by atoms with Crippen molar-refractivity contribution in [1.29, 1.82) is 0 Å². The van der Waals surface area contributed by atoms with Crippen molar-refractivity contribution in [3.05, 3.63) is 0 Å². The van der Waals surface area contributed by atoms with E-state index >= 15 is 0 Å². The molecule has 108 valence electrons. The molecular formula is C14H23NO4. The highest BCUT2D eigenvalue weighted by molar-refractivity contribution is 5.84. The summed E-state index contributed by atoms with van der Waals surface area (Å²) in [5.74, 6) is -1.83. The van der Waals surface area contributed by atoms with Gasteiger partial charge in [0, 0.05) is 13.2 Å². The van der Waals surface area contributed by atoms with E-state index in [1.807, 2.05) is 0 Å². The largest absolute Gasteiger partial charge is 0.481 e. The highest BCUT2D eigenvalue weighted by Crippen LogP contribution is 2.30. The number of aliphatic carboxylic acids is 1. The van der Waals surface area contributed by atoms with Crippen molar-refractivity contribution in [2.45, 2.75) is 51.0 Å². The van der Waals surface area contributed by atoms with Gasteiger partial charge in [-0.2, -0.15) is 0 Å². The van der Waals surface area contributed by atoms with Crippen LogP contribution in [0.1, 0.15) is 44.9 Å². The molecular weight excluding hydrogens is 246 g/mol. The second kappa shape index (κ2) is 6.89. The van der Waals surface area contributed by atoms with E-state index in [0.717, 1.165) is 38.7 Å². The second-order valence-electron chi connectivity index (χ2n) is 5.57. The zero-order chi connectivity index (χ0) is 13.7. The lowest BCUT2D eigenvalue weighted by molar-refractivity contribution is -0.149. The van der Waals surface area contributed by atoms with E-state index in [1.165, 1.54) is 0 Å². The summed E-state index contributed by atoms with van der Waals surface area (Å²) in [6, 6.07) is 0. The average molecular weight is 269 g/mol. The van der Waals surface area contributed by atoms with E-state index in [9.17, 15) is 9.59 Å². The molecule has 5 nitrogen and oxygen atoms in total. The molecule has 2 rings (SSSR count). The van der Waals surface area contributed by atoms with Gasteiger partial charge in [-0.1, -0.05) is 12.8 Å². The Balaban J connectivity index is 1.81. The molecule has 1 aliphatic carbocycles. The minimum atomic E-state index is -0.839. The molecule has 0 spiro atoms.